The maximum Gasteiger partial charge on any atom is 0.251 e. The summed E-state index contributed by atoms with van der Waals surface area (Å²) in [6.07, 6.45) is 3.73. The standard InChI is InChI=1S/C18H28N4O3/c1-13(25-12-15-6-4-5-9-24-15)18(23)22-8-7-16-14(11-22)10-17(20-19-16)21(2)3/h10,13,15H,4-9,11-12H2,1-3H3/t13-,15-/m1/s1. The third kappa shape index (κ3) is 4.46. The highest BCUT2D eigenvalue weighted by molar-refractivity contribution is 5.80. The molecule has 0 unspecified atom stereocenters. The summed E-state index contributed by atoms with van der Waals surface area (Å²) in [6, 6.07) is 2.02. The van der Waals surface area contributed by atoms with Gasteiger partial charge in [-0.2, -0.15) is 5.10 Å². The molecular weight excluding hydrogens is 320 g/mol. The third-order valence-corrected chi connectivity index (χ3v) is 4.85. The minimum Gasteiger partial charge on any atom is -0.376 e. The van der Waals surface area contributed by atoms with Gasteiger partial charge in [-0.25, -0.2) is 0 Å². The first kappa shape index (κ1) is 18.1. The number of hydrogen-bond donors (Lipinski definition) is 0. The molecule has 0 bridgehead atoms. The lowest BCUT2D eigenvalue weighted by atomic mass is 10.1. The van der Waals surface area contributed by atoms with Crippen LogP contribution >= 0.6 is 0 Å². The van der Waals surface area contributed by atoms with Crippen LogP contribution < -0.4 is 4.90 Å². The highest BCUT2D eigenvalue weighted by atomic mass is 16.5. The molecular formula is C18H28N4O3. The predicted molar refractivity (Wildman–Crippen MR) is 94.5 cm³/mol. The molecule has 1 aromatic rings. The first-order valence-corrected chi connectivity index (χ1v) is 9.09. The van der Waals surface area contributed by atoms with Gasteiger partial charge in [-0.05, 0) is 37.8 Å². The molecule has 0 spiro atoms. The molecule has 0 saturated carbocycles. The molecule has 1 fully saturated rings. The van der Waals surface area contributed by atoms with Crippen molar-refractivity contribution in [2.24, 2.45) is 0 Å². The first-order chi connectivity index (χ1) is 12.0. The van der Waals surface area contributed by atoms with E-state index in [9.17, 15) is 4.79 Å². The fraction of sp³-hybridized carbons (Fsp3) is 0.722. The van der Waals surface area contributed by atoms with E-state index in [2.05, 4.69) is 10.2 Å². The zero-order valence-electron chi connectivity index (χ0n) is 15.4. The summed E-state index contributed by atoms with van der Waals surface area (Å²) in [5.74, 6) is 0.844. The molecule has 3 heterocycles. The minimum atomic E-state index is -0.449. The molecule has 2 atom stereocenters. The van der Waals surface area contributed by atoms with Crippen molar-refractivity contribution in [3.8, 4) is 0 Å². The number of hydrogen-bond acceptors (Lipinski definition) is 6. The van der Waals surface area contributed by atoms with E-state index in [0.717, 1.165) is 42.9 Å². The van der Waals surface area contributed by atoms with Crippen molar-refractivity contribution >= 4 is 11.7 Å². The molecule has 25 heavy (non-hydrogen) atoms. The number of carbonyl (C=O) groups is 1. The average molecular weight is 348 g/mol. The summed E-state index contributed by atoms with van der Waals surface area (Å²) in [4.78, 5) is 16.5. The minimum absolute atomic E-state index is 0.0321. The number of aromatic nitrogens is 2. The lowest BCUT2D eigenvalue weighted by molar-refractivity contribution is -0.147. The van der Waals surface area contributed by atoms with Crippen LogP contribution in [-0.4, -0.2) is 67.1 Å². The fourth-order valence-corrected chi connectivity index (χ4v) is 3.24. The molecule has 1 amide bonds. The van der Waals surface area contributed by atoms with Crippen LogP contribution in [0.25, 0.3) is 0 Å². The highest BCUT2D eigenvalue weighted by Crippen LogP contribution is 2.21. The zero-order valence-corrected chi connectivity index (χ0v) is 15.4. The summed E-state index contributed by atoms with van der Waals surface area (Å²) in [6.45, 7) is 4.35. The van der Waals surface area contributed by atoms with Crippen molar-refractivity contribution in [1.82, 2.24) is 15.1 Å². The Morgan fingerprint density at radius 2 is 2.28 bits per heavy atom. The number of nitrogens with zero attached hydrogens (tertiary/aromatic N) is 4. The smallest absolute Gasteiger partial charge is 0.251 e. The van der Waals surface area contributed by atoms with Gasteiger partial charge in [0.15, 0.2) is 5.82 Å². The summed E-state index contributed by atoms with van der Waals surface area (Å²) < 4.78 is 11.5. The number of fused-ring (bicyclic) bond motifs is 1. The highest BCUT2D eigenvalue weighted by Gasteiger charge is 2.27. The van der Waals surface area contributed by atoms with E-state index in [-0.39, 0.29) is 12.0 Å². The fourth-order valence-electron chi connectivity index (χ4n) is 3.24. The van der Waals surface area contributed by atoms with E-state index in [4.69, 9.17) is 9.47 Å². The molecule has 0 aliphatic carbocycles. The number of anilines is 1. The van der Waals surface area contributed by atoms with Crippen molar-refractivity contribution in [1.29, 1.82) is 0 Å². The molecule has 7 nitrogen and oxygen atoms in total. The molecule has 2 aliphatic rings. The van der Waals surface area contributed by atoms with E-state index in [1.807, 2.05) is 36.9 Å². The number of amides is 1. The van der Waals surface area contributed by atoms with E-state index >= 15 is 0 Å². The van der Waals surface area contributed by atoms with Gasteiger partial charge in [0, 0.05) is 40.2 Å². The third-order valence-electron chi connectivity index (χ3n) is 4.85. The molecule has 0 N–H and O–H groups in total. The van der Waals surface area contributed by atoms with Gasteiger partial charge in [0.2, 0.25) is 0 Å². The summed E-state index contributed by atoms with van der Waals surface area (Å²) >= 11 is 0. The van der Waals surface area contributed by atoms with E-state index in [0.29, 0.717) is 19.7 Å². The van der Waals surface area contributed by atoms with Crippen molar-refractivity contribution in [2.75, 3.05) is 38.8 Å². The van der Waals surface area contributed by atoms with Crippen molar-refractivity contribution in [3.05, 3.63) is 17.3 Å². The predicted octanol–water partition coefficient (Wildman–Crippen LogP) is 1.40. The van der Waals surface area contributed by atoms with Gasteiger partial charge >= 0.3 is 0 Å². The molecule has 7 heteroatoms. The van der Waals surface area contributed by atoms with Gasteiger partial charge in [0.1, 0.15) is 6.10 Å². The maximum atomic E-state index is 12.7. The van der Waals surface area contributed by atoms with E-state index in [1.54, 1.807) is 0 Å². The Bertz CT molecular complexity index is 602. The normalized spacial score (nSPS) is 21.6. The quantitative estimate of drug-likeness (QED) is 0.801. The Morgan fingerprint density at radius 3 is 3.00 bits per heavy atom. The van der Waals surface area contributed by atoms with Crippen molar-refractivity contribution < 1.29 is 14.3 Å². The summed E-state index contributed by atoms with van der Waals surface area (Å²) in [5.41, 5.74) is 2.06. The largest absolute Gasteiger partial charge is 0.376 e. The van der Waals surface area contributed by atoms with Crippen LogP contribution in [0, 0.1) is 0 Å². The summed E-state index contributed by atoms with van der Waals surface area (Å²) in [5, 5.41) is 8.51. The van der Waals surface area contributed by atoms with Gasteiger partial charge in [-0.1, -0.05) is 0 Å². The van der Waals surface area contributed by atoms with Crippen LogP contribution in [0.15, 0.2) is 6.07 Å². The number of rotatable bonds is 5. The number of carbonyl (C=O) groups excluding carboxylic acids is 1. The Kier molecular flexibility index (Phi) is 5.86. The van der Waals surface area contributed by atoms with Gasteiger partial charge in [0.05, 0.1) is 18.4 Å². The lowest BCUT2D eigenvalue weighted by Crippen LogP contribution is -2.43. The Morgan fingerprint density at radius 1 is 1.44 bits per heavy atom. The maximum absolute atomic E-state index is 12.7. The second-order valence-electron chi connectivity index (χ2n) is 7.04. The van der Waals surface area contributed by atoms with Crippen molar-refractivity contribution in [2.45, 2.75) is 51.4 Å². The second-order valence-corrected chi connectivity index (χ2v) is 7.04. The van der Waals surface area contributed by atoms with Crippen LogP contribution in [0.3, 0.4) is 0 Å². The van der Waals surface area contributed by atoms with Crippen LogP contribution in [0.5, 0.6) is 0 Å². The molecule has 1 aromatic heterocycles. The van der Waals surface area contributed by atoms with E-state index in [1.165, 1.54) is 6.42 Å². The number of ether oxygens (including phenoxy) is 2. The van der Waals surface area contributed by atoms with Gasteiger partial charge in [0.25, 0.3) is 5.91 Å². The van der Waals surface area contributed by atoms with E-state index < -0.39 is 6.10 Å². The van der Waals surface area contributed by atoms with Gasteiger partial charge < -0.3 is 19.3 Å². The van der Waals surface area contributed by atoms with Gasteiger partial charge in [-0.15, -0.1) is 5.10 Å². The molecule has 1 saturated heterocycles. The Balaban J connectivity index is 1.56. The first-order valence-electron chi connectivity index (χ1n) is 9.09. The second kappa shape index (κ2) is 8.10. The average Bonchev–Trinajstić information content (AvgIpc) is 2.65. The molecule has 138 valence electrons. The summed E-state index contributed by atoms with van der Waals surface area (Å²) in [7, 11) is 3.87. The lowest BCUT2D eigenvalue weighted by Gasteiger charge is -2.31. The molecule has 0 aromatic carbocycles. The molecule has 3 rings (SSSR count). The molecule has 2 aliphatic heterocycles. The van der Waals surface area contributed by atoms with Gasteiger partial charge in [-0.3, -0.25) is 4.79 Å². The van der Waals surface area contributed by atoms with Crippen LogP contribution in [0.2, 0.25) is 0 Å². The Hall–Kier alpha value is -1.73. The van der Waals surface area contributed by atoms with Crippen LogP contribution in [0.1, 0.15) is 37.4 Å². The SMILES string of the molecule is C[C@@H](OC[C@H]1CCCCO1)C(=O)N1CCc2nnc(N(C)C)cc2C1. The monoisotopic (exact) mass is 348 g/mol. The zero-order chi connectivity index (χ0) is 17.8. The molecule has 0 radical (unpaired) electrons. The Labute approximate surface area is 149 Å². The van der Waals surface area contributed by atoms with Crippen LogP contribution in [-0.2, 0) is 27.2 Å². The van der Waals surface area contributed by atoms with Crippen LogP contribution in [0.4, 0.5) is 5.82 Å². The topological polar surface area (TPSA) is 67.8 Å². The van der Waals surface area contributed by atoms with Crippen molar-refractivity contribution in [3.63, 3.8) is 0 Å².